The molecule has 1 aromatic heterocycles. The minimum Gasteiger partial charge on any atom is -0.497 e. The zero-order chi connectivity index (χ0) is 24.0. The first-order valence-electron chi connectivity index (χ1n) is 11.1. The van der Waals surface area contributed by atoms with E-state index in [1.54, 1.807) is 57.0 Å². The second-order valence-electron chi connectivity index (χ2n) is 7.67. The van der Waals surface area contributed by atoms with Crippen molar-refractivity contribution in [2.75, 3.05) is 20.3 Å². The van der Waals surface area contributed by atoms with Gasteiger partial charge in [0.25, 0.3) is 5.91 Å². The Hall–Kier alpha value is -3.09. The van der Waals surface area contributed by atoms with E-state index < -0.39 is 12.0 Å². The Bertz CT molecular complexity index is 975. The number of nitrogens with zero attached hydrogens (tertiary/aromatic N) is 2. The Labute approximate surface area is 190 Å². The molecule has 0 fully saturated rings. The summed E-state index contributed by atoms with van der Waals surface area (Å²) in [6.07, 6.45) is 0.710. The molecule has 1 amide bonds. The minimum atomic E-state index is -0.690. The number of carbonyl (C=O) groups is 3. The standard InChI is InChI=1S/C25H34N2O5/c1-8-15-27(24(29)19-11-13-20(31-7)14-12-19)18(6)23(28)21-16(4)22(25(30)32-10-3)26(9-2)17(21)5/h11-14,18H,8-10,15H2,1-7H3. The Morgan fingerprint density at radius 2 is 1.69 bits per heavy atom. The third-order valence-corrected chi connectivity index (χ3v) is 5.71. The van der Waals surface area contributed by atoms with Crippen molar-refractivity contribution < 1.29 is 23.9 Å². The summed E-state index contributed by atoms with van der Waals surface area (Å²) in [4.78, 5) is 41.0. The van der Waals surface area contributed by atoms with E-state index >= 15 is 0 Å². The largest absolute Gasteiger partial charge is 0.497 e. The lowest BCUT2D eigenvalue weighted by Gasteiger charge is -2.28. The number of aromatic nitrogens is 1. The number of esters is 1. The normalized spacial score (nSPS) is 11.7. The minimum absolute atomic E-state index is 0.187. The van der Waals surface area contributed by atoms with Crippen molar-refractivity contribution in [3.05, 3.63) is 52.3 Å². The summed E-state index contributed by atoms with van der Waals surface area (Å²) in [7, 11) is 1.57. The number of ether oxygens (including phenoxy) is 2. The summed E-state index contributed by atoms with van der Waals surface area (Å²) in [5.74, 6) is -0.188. The molecule has 0 aliphatic heterocycles. The third-order valence-electron chi connectivity index (χ3n) is 5.71. The first kappa shape index (κ1) is 25.2. The number of Topliss-reactive ketones (excluding diaryl/α,β-unsaturated/α-hetero) is 1. The molecular formula is C25H34N2O5. The van der Waals surface area contributed by atoms with Crippen LogP contribution in [0.1, 0.15) is 76.6 Å². The Kier molecular flexibility index (Phi) is 8.63. The fourth-order valence-electron chi connectivity index (χ4n) is 4.08. The van der Waals surface area contributed by atoms with Crippen LogP contribution in [-0.4, -0.2) is 53.4 Å². The van der Waals surface area contributed by atoms with Gasteiger partial charge in [-0.2, -0.15) is 0 Å². The molecular weight excluding hydrogens is 408 g/mol. The van der Waals surface area contributed by atoms with E-state index in [1.807, 2.05) is 25.3 Å². The van der Waals surface area contributed by atoms with Gasteiger partial charge in [-0.15, -0.1) is 0 Å². The maximum atomic E-state index is 13.6. The summed E-state index contributed by atoms with van der Waals surface area (Å²) >= 11 is 0. The number of ketones is 1. The highest BCUT2D eigenvalue weighted by atomic mass is 16.5. The summed E-state index contributed by atoms with van der Waals surface area (Å²) in [5, 5.41) is 0. The number of amides is 1. The van der Waals surface area contributed by atoms with Crippen molar-refractivity contribution in [1.82, 2.24) is 9.47 Å². The van der Waals surface area contributed by atoms with Crippen molar-refractivity contribution in [3.8, 4) is 5.75 Å². The molecule has 0 N–H and O–H groups in total. The van der Waals surface area contributed by atoms with Gasteiger partial charge in [0, 0.05) is 29.9 Å². The summed E-state index contributed by atoms with van der Waals surface area (Å²) < 4.78 is 12.2. The molecule has 2 aromatic rings. The van der Waals surface area contributed by atoms with E-state index in [0.717, 1.165) is 0 Å². The third kappa shape index (κ3) is 4.87. The van der Waals surface area contributed by atoms with Crippen LogP contribution in [0.4, 0.5) is 0 Å². The number of rotatable bonds is 10. The van der Waals surface area contributed by atoms with Gasteiger partial charge in [0.05, 0.1) is 19.8 Å². The molecule has 0 aliphatic rings. The van der Waals surface area contributed by atoms with E-state index in [9.17, 15) is 14.4 Å². The van der Waals surface area contributed by atoms with Gasteiger partial charge in [-0.3, -0.25) is 9.59 Å². The predicted molar refractivity (Wildman–Crippen MR) is 124 cm³/mol. The second kappa shape index (κ2) is 11.0. The van der Waals surface area contributed by atoms with Gasteiger partial charge in [0.2, 0.25) is 0 Å². The summed E-state index contributed by atoms with van der Waals surface area (Å²) in [5.41, 5.74) is 2.66. The van der Waals surface area contributed by atoms with Crippen LogP contribution in [0, 0.1) is 13.8 Å². The lowest BCUT2D eigenvalue weighted by atomic mass is 9.99. The molecule has 0 aliphatic carbocycles. The zero-order valence-corrected chi connectivity index (χ0v) is 20.2. The van der Waals surface area contributed by atoms with Crippen molar-refractivity contribution in [2.24, 2.45) is 0 Å². The fraction of sp³-hybridized carbons (Fsp3) is 0.480. The Morgan fingerprint density at radius 1 is 1.06 bits per heavy atom. The van der Waals surface area contributed by atoms with E-state index in [0.29, 0.717) is 53.3 Å². The molecule has 2 rings (SSSR count). The van der Waals surface area contributed by atoms with Gasteiger partial charge >= 0.3 is 5.97 Å². The average Bonchev–Trinajstić information content (AvgIpc) is 3.05. The number of hydrogen-bond donors (Lipinski definition) is 0. The number of benzene rings is 1. The molecule has 0 saturated carbocycles. The van der Waals surface area contributed by atoms with Gasteiger partial charge in [0.15, 0.2) is 5.78 Å². The number of carbonyl (C=O) groups excluding carboxylic acids is 3. The van der Waals surface area contributed by atoms with Gasteiger partial charge in [-0.05, 0) is 70.9 Å². The molecule has 0 saturated heterocycles. The monoisotopic (exact) mass is 442 g/mol. The molecule has 0 bridgehead atoms. The summed E-state index contributed by atoms with van der Waals surface area (Å²) in [6, 6.07) is 6.16. The van der Waals surface area contributed by atoms with Crippen molar-refractivity contribution >= 4 is 17.7 Å². The van der Waals surface area contributed by atoms with Crippen LogP contribution in [0.25, 0.3) is 0 Å². The molecule has 0 spiro atoms. The predicted octanol–water partition coefficient (Wildman–Crippen LogP) is 4.43. The SMILES string of the molecule is CCCN(C(=O)c1ccc(OC)cc1)C(C)C(=O)c1c(C)c(C(=O)OCC)n(CC)c1C. The Morgan fingerprint density at radius 3 is 2.19 bits per heavy atom. The van der Waals surface area contributed by atoms with E-state index in [4.69, 9.17) is 9.47 Å². The highest BCUT2D eigenvalue weighted by Crippen LogP contribution is 2.26. The molecule has 1 atom stereocenters. The van der Waals surface area contributed by atoms with E-state index in [-0.39, 0.29) is 18.3 Å². The van der Waals surface area contributed by atoms with Crippen LogP contribution >= 0.6 is 0 Å². The lowest BCUT2D eigenvalue weighted by Crippen LogP contribution is -2.44. The maximum Gasteiger partial charge on any atom is 0.355 e. The van der Waals surface area contributed by atoms with Gasteiger partial charge in [-0.25, -0.2) is 4.79 Å². The van der Waals surface area contributed by atoms with Crippen LogP contribution in [0.2, 0.25) is 0 Å². The number of methoxy groups -OCH3 is 1. The molecule has 174 valence electrons. The highest BCUT2D eigenvalue weighted by Gasteiger charge is 2.33. The lowest BCUT2D eigenvalue weighted by molar-refractivity contribution is 0.0512. The molecule has 7 heteroatoms. The molecule has 1 unspecified atom stereocenters. The quantitative estimate of drug-likeness (QED) is 0.402. The van der Waals surface area contributed by atoms with Crippen LogP contribution in [0.15, 0.2) is 24.3 Å². The Balaban J connectivity index is 2.45. The highest BCUT2D eigenvalue weighted by molar-refractivity contribution is 6.07. The molecule has 0 radical (unpaired) electrons. The van der Waals surface area contributed by atoms with Crippen LogP contribution < -0.4 is 4.74 Å². The second-order valence-corrected chi connectivity index (χ2v) is 7.67. The van der Waals surface area contributed by atoms with Gasteiger partial charge in [-0.1, -0.05) is 6.92 Å². The van der Waals surface area contributed by atoms with E-state index in [2.05, 4.69) is 0 Å². The average molecular weight is 443 g/mol. The van der Waals surface area contributed by atoms with Crippen molar-refractivity contribution in [3.63, 3.8) is 0 Å². The zero-order valence-electron chi connectivity index (χ0n) is 20.2. The topological polar surface area (TPSA) is 77.8 Å². The molecule has 1 heterocycles. The molecule has 7 nitrogen and oxygen atoms in total. The van der Waals surface area contributed by atoms with Crippen LogP contribution in [0.5, 0.6) is 5.75 Å². The van der Waals surface area contributed by atoms with Gasteiger partial charge < -0.3 is 18.9 Å². The van der Waals surface area contributed by atoms with E-state index in [1.165, 1.54) is 0 Å². The molecule has 1 aromatic carbocycles. The smallest absolute Gasteiger partial charge is 0.355 e. The van der Waals surface area contributed by atoms with Crippen LogP contribution in [-0.2, 0) is 11.3 Å². The van der Waals surface area contributed by atoms with Crippen molar-refractivity contribution in [2.45, 2.75) is 60.5 Å². The molecule has 32 heavy (non-hydrogen) atoms. The fourth-order valence-corrected chi connectivity index (χ4v) is 4.08. The van der Waals surface area contributed by atoms with Gasteiger partial charge in [0.1, 0.15) is 11.4 Å². The van der Waals surface area contributed by atoms with Crippen molar-refractivity contribution in [1.29, 1.82) is 0 Å². The first-order chi connectivity index (χ1) is 15.2. The number of hydrogen-bond acceptors (Lipinski definition) is 5. The summed E-state index contributed by atoms with van der Waals surface area (Å²) in [6.45, 7) is 12.2. The first-order valence-corrected chi connectivity index (χ1v) is 11.1. The van der Waals surface area contributed by atoms with Crippen LogP contribution in [0.3, 0.4) is 0 Å². The maximum absolute atomic E-state index is 13.6.